The highest BCUT2D eigenvalue weighted by Crippen LogP contribution is 2.35. The maximum atomic E-state index is 11.9. The van der Waals surface area contributed by atoms with Crippen molar-refractivity contribution in [1.29, 1.82) is 0 Å². The molecule has 0 amide bonds. The van der Waals surface area contributed by atoms with Crippen molar-refractivity contribution >= 4 is 17.7 Å². The molecule has 1 fully saturated rings. The molecule has 7 heteroatoms. The van der Waals surface area contributed by atoms with Crippen molar-refractivity contribution in [3.05, 3.63) is 10.5 Å². The minimum absolute atomic E-state index is 0.0830. The van der Waals surface area contributed by atoms with Crippen LogP contribution < -0.4 is 5.69 Å². The molecular weight excluding hydrogens is 254 g/mol. The number of carbonyl (C=O) groups is 1. The van der Waals surface area contributed by atoms with Gasteiger partial charge in [-0.3, -0.25) is 9.36 Å². The van der Waals surface area contributed by atoms with Gasteiger partial charge in [0.25, 0.3) is 0 Å². The lowest BCUT2D eigenvalue weighted by atomic mass is 9.83. The van der Waals surface area contributed by atoms with Crippen LogP contribution in [0.15, 0.2) is 9.95 Å². The first-order valence-corrected chi connectivity index (χ1v) is 7.04. The van der Waals surface area contributed by atoms with Crippen LogP contribution in [0.5, 0.6) is 0 Å². The molecule has 6 nitrogen and oxygen atoms in total. The van der Waals surface area contributed by atoms with Crippen LogP contribution in [0.4, 0.5) is 0 Å². The molecular formula is C11H17N3O3S. The number of aliphatic carboxylic acids is 1. The predicted octanol–water partition coefficient (Wildman–Crippen LogP) is 1.43. The van der Waals surface area contributed by atoms with Crippen LogP contribution in [0.3, 0.4) is 0 Å². The van der Waals surface area contributed by atoms with Gasteiger partial charge >= 0.3 is 11.7 Å². The SMILES string of the molecule is CC1(n2c(SCC(=O)O)n[nH]c2=O)CCCCC1. The van der Waals surface area contributed by atoms with Crippen LogP contribution in [-0.2, 0) is 10.3 Å². The summed E-state index contributed by atoms with van der Waals surface area (Å²) in [6.07, 6.45) is 5.26. The van der Waals surface area contributed by atoms with Crippen molar-refractivity contribution < 1.29 is 9.90 Å². The normalized spacial score (nSPS) is 18.7. The van der Waals surface area contributed by atoms with Crippen LogP contribution in [0, 0.1) is 0 Å². The fourth-order valence-electron chi connectivity index (χ4n) is 2.52. The molecule has 0 saturated heterocycles. The zero-order valence-corrected chi connectivity index (χ0v) is 11.1. The fraction of sp³-hybridized carbons (Fsp3) is 0.727. The minimum atomic E-state index is -0.907. The van der Waals surface area contributed by atoms with Gasteiger partial charge in [-0.05, 0) is 19.8 Å². The minimum Gasteiger partial charge on any atom is -0.481 e. The second-order valence-electron chi connectivity index (χ2n) is 4.89. The van der Waals surface area contributed by atoms with E-state index in [9.17, 15) is 9.59 Å². The zero-order valence-electron chi connectivity index (χ0n) is 10.3. The van der Waals surface area contributed by atoms with E-state index in [0.29, 0.717) is 5.16 Å². The molecule has 0 aromatic carbocycles. The summed E-state index contributed by atoms with van der Waals surface area (Å²) in [5, 5.41) is 15.5. The first-order chi connectivity index (χ1) is 8.53. The molecule has 0 spiro atoms. The predicted molar refractivity (Wildman–Crippen MR) is 67.9 cm³/mol. The van der Waals surface area contributed by atoms with Gasteiger partial charge in [0.05, 0.1) is 5.75 Å². The van der Waals surface area contributed by atoms with Crippen LogP contribution in [-0.4, -0.2) is 31.6 Å². The number of hydrogen-bond acceptors (Lipinski definition) is 4. The van der Waals surface area contributed by atoms with Gasteiger partial charge in [0.2, 0.25) is 0 Å². The first-order valence-electron chi connectivity index (χ1n) is 6.05. The van der Waals surface area contributed by atoms with Crippen LogP contribution in [0.25, 0.3) is 0 Å². The van der Waals surface area contributed by atoms with E-state index in [1.807, 2.05) is 6.92 Å². The van der Waals surface area contributed by atoms with Crippen molar-refractivity contribution in [3.8, 4) is 0 Å². The average molecular weight is 271 g/mol. The summed E-state index contributed by atoms with van der Waals surface area (Å²) >= 11 is 1.09. The summed E-state index contributed by atoms with van der Waals surface area (Å²) in [7, 11) is 0. The monoisotopic (exact) mass is 271 g/mol. The lowest BCUT2D eigenvalue weighted by Gasteiger charge is -2.34. The van der Waals surface area contributed by atoms with Crippen molar-refractivity contribution in [2.24, 2.45) is 0 Å². The third kappa shape index (κ3) is 2.60. The quantitative estimate of drug-likeness (QED) is 0.809. The maximum absolute atomic E-state index is 11.9. The second-order valence-corrected chi connectivity index (χ2v) is 5.83. The van der Waals surface area contributed by atoms with Gasteiger partial charge in [0, 0.05) is 5.54 Å². The Bertz CT molecular complexity index is 488. The number of nitrogens with one attached hydrogen (secondary N) is 1. The molecule has 0 aliphatic heterocycles. The molecule has 1 aromatic heterocycles. The number of aromatic amines is 1. The Morgan fingerprint density at radius 3 is 2.78 bits per heavy atom. The molecule has 18 heavy (non-hydrogen) atoms. The number of H-pyrrole nitrogens is 1. The largest absolute Gasteiger partial charge is 0.481 e. The number of hydrogen-bond donors (Lipinski definition) is 2. The molecule has 0 bridgehead atoms. The summed E-state index contributed by atoms with van der Waals surface area (Å²) in [4.78, 5) is 22.5. The highest BCUT2D eigenvalue weighted by atomic mass is 32.2. The van der Waals surface area contributed by atoms with E-state index in [4.69, 9.17) is 5.11 Å². The van der Waals surface area contributed by atoms with Gasteiger partial charge in [-0.2, -0.15) is 0 Å². The molecule has 0 unspecified atom stereocenters. The Labute approximate surface area is 109 Å². The Morgan fingerprint density at radius 1 is 1.50 bits per heavy atom. The first kappa shape index (κ1) is 13.2. The summed E-state index contributed by atoms with van der Waals surface area (Å²) < 4.78 is 1.64. The highest BCUT2D eigenvalue weighted by molar-refractivity contribution is 7.99. The number of carboxylic acids is 1. The molecule has 2 N–H and O–H groups in total. The van der Waals surface area contributed by atoms with Crippen molar-refractivity contribution in [1.82, 2.24) is 14.8 Å². The van der Waals surface area contributed by atoms with Crippen LogP contribution in [0.2, 0.25) is 0 Å². The lowest BCUT2D eigenvalue weighted by molar-refractivity contribution is -0.133. The maximum Gasteiger partial charge on any atom is 0.344 e. The Hall–Kier alpha value is -1.24. The number of carboxylic acid groups (broad SMARTS) is 1. The highest BCUT2D eigenvalue weighted by Gasteiger charge is 2.32. The van der Waals surface area contributed by atoms with Gasteiger partial charge in [0.1, 0.15) is 0 Å². The molecule has 0 radical (unpaired) electrons. The van der Waals surface area contributed by atoms with Gasteiger partial charge in [-0.1, -0.05) is 31.0 Å². The molecule has 1 saturated carbocycles. The Kier molecular flexibility index (Phi) is 3.79. The standard InChI is InChI=1S/C11H17N3O3S/c1-11(5-3-2-4-6-11)14-9(17)12-13-10(14)18-7-8(15)16/h2-7H2,1H3,(H,12,17)(H,15,16). The third-order valence-corrected chi connectivity index (χ3v) is 4.36. The molecule has 1 aromatic rings. The van der Waals surface area contributed by atoms with Crippen LogP contribution >= 0.6 is 11.8 Å². The Morgan fingerprint density at radius 2 is 2.17 bits per heavy atom. The third-order valence-electron chi connectivity index (χ3n) is 3.44. The van der Waals surface area contributed by atoms with E-state index in [1.54, 1.807) is 4.57 Å². The molecule has 100 valence electrons. The molecule has 1 heterocycles. The number of aromatic nitrogens is 3. The van der Waals surface area contributed by atoms with Crippen LogP contribution in [0.1, 0.15) is 39.0 Å². The topological polar surface area (TPSA) is 88.0 Å². The smallest absolute Gasteiger partial charge is 0.344 e. The zero-order chi connectivity index (χ0) is 13.2. The number of rotatable bonds is 4. The lowest BCUT2D eigenvalue weighted by Crippen LogP contribution is -2.39. The summed E-state index contributed by atoms with van der Waals surface area (Å²) in [6, 6.07) is 0. The second kappa shape index (κ2) is 5.17. The fourth-order valence-corrected chi connectivity index (χ4v) is 3.31. The van der Waals surface area contributed by atoms with Gasteiger partial charge in [0.15, 0.2) is 5.16 Å². The van der Waals surface area contributed by atoms with Crippen molar-refractivity contribution in [3.63, 3.8) is 0 Å². The Balaban J connectivity index is 2.28. The van der Waals surface area contributed by atoms with Crippen molar-refractivity contribution in [2.45, 2.75) is 49.7 Å². The number of thioether (sulfide) groups is 1. The van der Waals surface area contributed by atoms with Gasteiger partial charge < -0.3 is 5.11 Å². The van der Waals surface area contributed by atoms with Gasteiger partial charge in [-0.25, -0.2) is 9.89 Å². The molecule has 0 atom stereocenters. The van der Waals surface area contributed by atoms with E-state index in [2.05, 4.69) is 10.2 Å². The van der Waals surface area contributed by atoms with E-state index >= 15 is 0 Å². The van der Waals surface area contributed by atoms with Crippen molar-refractivity contribution in [2.75, 3.05) is 5.75 Å². The average Bonchev–Trinajstić information content (AvgIpc) is 2.69. The van der Waals surface area contributed by atoms with E-state index < -0.39 is 5.97 Å². The molecule has 1 aliphatic carbocycles. The van der Waals surface area contributed by atoms with E-state index in [1.165, 1.54) is 6.42 Å². The molecule has 1 aliphatic rings. The summed E-state index contributed by atoms with van der Waals surface area (Å²) in [5.41, 5.74) is -0.476. The molecule has 2 rings (SSSR count). The summed E-state index contributed by atoms with van der Waals surface area (Å²) in [6.45, 7) is 2.05. The van der Waals surface area contributed by atoms with E-state index in [-0.39, 0.29) is 17.0 Å². The van der Waals surface area contributed by atoms with Gasteiger partial charge in [-0.15, -0.1) is 5.10 Å². The summed E-state index contributed by atoms with van der Waals surface area (Å²) in [5.74, 6) is -0.990. The van der Waals surface area contributed by atoms with E-state index in [0.717, 1.165) is 37.4 Å². The number of nitrogens with zero attached hydrogens (tertiary/aromatic N) is 2.